The summed E-state index contributed by atoms with van der Waals surface area (Å²) in [4.78, 5) is 53.9. The number of fused-ring (bicyclic) bond motifs is 1. The van der Waals surface area contributed by atoms with Crippen molar-refractivity contribution in [2.75, 3.05) is 26.2 Å². The van der Waals surface area contributed by atoms with Crippen LogP contribution in [0, 0.1) is 5.92 Å². The third-order valence-corrected chi connectivity index (χ3v) is 7.59. The van der Waals surface area contributed by atoms with Gasteiger partial charge in [-0.1, -0.05) is 12.1 Å². The van der Waals surface area contributed by atoms with Crippen LogP contribution in [0.5, 0.6) is 0 Å². The van der Waals surface area contributed by atoms with E-state index >= 15 is 0 Å². The van der Waals surface area contributed by atoms with E-state index in [1.807, 2.05) is 6.07 Å². The summed E-state index contributed by atoms with van der Waals surface area (Å²) in [7, 11) is 0. The molecule has 0 spiro atoms. The van der Waals surface area contributed by atoms with Crippen molar-refractivity contribution in [3.05, 3.63) is 34.9 Å². The van der Waals surface area contributed by atoms with Crippen LogP contribution >= 0.6 is 0 Å². The van der Waals surface area contributed by atoms with Crippen LogP contribution in [0.3, 0.4) is 0 Å². The Kier molecular flexibility index (Phi) is 5.80. The maximum absolute atomic E-state index is 13.5. The molecule has 9 nitrogen and oxygen atoms in total. The predicted octanol–water partition coefficient (Wildman–Crippen LogP) is 0.414. The number of piperidine rings is 2. The molecule has 2 saturated heterocycles. The SMILES string of the molecule is O=C1CCC(N2C(=O)c3cccc(CN(CC4CC4)C4(CO)CCNCC4)c3C2=O)C(=O)N1. The van der Waals surface area contributed by atoms with Crippen LogP contribution in [-0.2, 0) is 16.1 Å². The number of hydrogen-bond donors (Lipinski definition) is 3. The van der Waals surface area contributed by atoms with Gasteiger partial charge in [-0.2, -0.15) is 0 Å². The number of benzene rings is 1. The highest BCUT2D eigenvalue weighted by molar-refractivity contribution is 6.24. The number of nitrogens with one attached hydrogen (secondary N) is 2. The molecule has 1 atom stereocenters. The first kappa shape index (κ1) is 22.2. The first-order valence-corrected chi connectivity index (χ1v) is 11.8. The van der Waals surface area contributed by atoms with Gasteiger partial charge < -0.3 is 10.4 Å². The molecule has 1 aliphatic carbocycles. The Morgan fingerprint density at radius 1 is 1.06 bits per heavy atom. The number of amides is 4. The van der Waals surface area contributed by atoms with E-state index in [1.165, 1.54) is 12.8 Å². The zero-order valence-electron chi connectivity index (χ0n) is 18.6. The molecule has 3 aliphatic heterocycles. The van der Waals surface area contributed by atoms with E-state index in [1.54, 1.807) is 12.1 Å². The largest absolute Gasteiger partial charge is 0.394 e. The Balaban J connectivity index is 1.45. The molecule has 1 aromatic rings. The Morgan fingerprint density at radius 3 is 2.48 bits per heavy atom. The second-order valence-electron chi connectivity index (χ2n) is 9.74. The van der Waals surface area contributed by atoms with Crippen LogP contribution in [0.15, 0.2) is 18.2 Å². The van der Waals surface area contributed by atoms with Gasteiger partial charge in [0.05, 0.1) is 17.7 Å². The average Bonchev–Trinajstić information content (AvgIpc) is 3.60. The average molecular weight is 455 g/mol. The van der Waals surface area contributed by atoms with Gasteiger partial charge in [0.2, 0.25) is 11.8 Å². The molecule has 33 heavy (non-hydrogen) atoms. The van der Waals surface area contributed by atoms with Crippen molar-refractivity contribution in [2.45, 2.75) is 56.7 Å². The number of rotatable bonds is 7. The molecular weight excluding hydrogens is 424 g/mol. The first-order chi connectivity index (χ1) is 15.9. The second kappa shape index (κ2) is 8.62. The molecule has 3 fully saturated rings. The van der Waals surface area contributed by atoms with Gasteiger partial charge in [0.1, 0.15) is 6.04 Å². The molecule has 176 valence electrons. The van der Waals surface area contributed by atoms with Crippen molar-refractivity contribution in [1.82, 2.24) is 20.4 Å². The van der Waals surface area contributed by atoms with E-state index in [9.17, 15) is 24.3 Å². The summed E-state index contributed by atoms with van der Waals surface area (Å²) in [5.74, 6) is -1.36. The summed E-state index contributed by atoms with van der Waals surface area (Å²) >= 11 is 0. The van der Waals surface area contributed by atoms with Crippen LogP contribution in [0.4, 0.5) is 0 Å². The van der Waals surface area contributed by atoms with E-state index < -0.39 is 23.8 Å². The fourth-order valence-electron chi connectivity index (χ4n) is 5.43. The maximum Gasteiger partial charge on any atom is 0.262 e. The molecule has 4 aliphatic rings. The summed E-state index contributed by atoms with van der Waals surface area (Å²) < 4.78 is 0. The van der Waals surface area contributed by atoms with Crippen LogP contribution in [0.25, 0.3) is 0 Å². The molecule has 9 heteroatoms. The topological polar surface area (TPSA) is 119 Å². The molecule has 4 amide bonds. The minimum absolute atomic E-state index is 0.0473. The minimum atomic E-state index is -0.973. The normalized spacial score (nSPS) is 24.9. The molecule has 0 aromatic heterocycles. The highest BCUT2D eigenvalue weighted by atomic mass is 16.3. The Morgan fingerprint density at radius 2 is 1.82 bits per heavy atom. The fraction of sp³-hybridized carbons (Fsp3) is 0.583. The van der Waals surface area contributed by atoms with Crippen molar-refractivity contribution in [1.29, 1.82) is 0 Å². The maximum atomic E-state index is 13.5. The highest BCUT2D eigenvalue weighted by Gasteiger charge is 2.46. The van der Waals surface area contributed by atoms with Gasteiger partial charge in [-0.3, -0.25) is 34.3 Å². The molecular formula is C24H30N4O5. The van der Waals surface area contributed by atoms with Gasteiger partial charge in [-0.15, -0.1) is 0 Å². The Bertz CT molecular complexity index is 999. The Hall–Kier alpha value is -2.62. The molecule has 0 bridgehead atoms. The third kappa shape index (κ3) is 3.98. The number of aliphatic hydroxyl groups is 1. The van der Waals surface area contributed by atoms with Crippen molar-refractivity contribution in [3.63, 3.8) is 0 Å². The molecule has 1 saturated carbocycles. The second-order valence-corrected chi connectivity index (χ2v) is 9.74. The highest BCUT2D eigenvalue weighted by Crippen LogP contribution is 2.37. The van der Waals surface area contributed by atoms with Gasteiger partial charge in [0.25, 0.3) is 11.8 Å². The van der Waals surface area contributed by atoms with Crippen LogP contribution in [-0.4, -0.2) is 76.4 Å². The van der Waals surface area contributed by atoms with Crippen molar-refractivity contribution < 1.29 is 24.3 Å². The molecule has 0 radical (unpaired) electrons. The summed E-state index contributed by atoms with van der Waals surface area (Å²) in [6.45, 7) is 3.02. The lowest BCUT2D eigenvalue weighted by Gasteiger charge is -2.46. The van der Waals surface area contributed by atoms with E-state index in [2.05, 4.69) is 15.5 Å². The van der Waals surface area contributed by atoms with Gasteiger partial charge in [-0.05, 0) is 62.7 Å². The lowest BCUT2D eigenvalue weighted by molar-refractivity contribution is -0.136. The molecule has 3 heterocycles. The summed E-state index contributed by atoms with van der Waals surface area (Å²) in [5, 5.41) is 16.0. The number of carbonyl (C=O) groups excluding carboxylic acids is 4. The zero-order chi connectivity index (χ0) is 23.2. The summed E-state index contributed by atoms with van der Waals surface area (Å²) in [6, 6.07) is 4.29. The summed E-state index contributed by atoms with van der Waals surface area (Å²) in [6.07, 6.45) is 4.22. The van der Waals surface area contributed by atoms with E-state index in [0.29, 0.717) is 23.6 Å². The first-order valence-electron chi connectivity index (χ1n) is 11.8. The zero-order valence-corrected chi connectivity index (χ0v) is 18.6. The van der Waals surface area contributed by atoms with Gasteiger partial charge in [0, 0.05) is 25.0 Å². The van der Waals surface area contributed by atoms with Crippen LogP contribution in [0.2, 0.25) is 0 Å². The lowest BCUT2D eigenvalue weighted by Crippen LogP contribution is -2.57. The van der Waals surface area contributed by atoms with Gasteiger partial charge >= 0.3 is 0 Å². The van der Waals surface area contributed by atoms with E-state index in [-0.39, 0.29) is 30.9 Å². The third-order valence-electron chi connectivity index (χ3n) is 7.59. The van der Waals surface area contributed by atoms with Gasteiger partial charge in [0.15, 0.2) is 0 Å². The standard InChI is InChI=1S/C24H30N4O5/c29-14-24(8-10-25-11-9-24)27(12-15-4-5-15)13-16-2-1-3-17-20(16)23(33)28(22(17)32)18-6-7-19(30)26-21(18)31/h1-3,15,18,25,29H,4-14H2,(H,26,30,31). The van der Waals surface area contributed by atoms with Crippen molar-refractivity contribution in [2.24, 2.45) is 5.92 Å². The fourth-order valence-corrected chi connectivity index (χ4v) is 5.43. The number of aliphatic hydroxyl groups excluding tert-OH is 1. The van der Waals surface area contributed by atoms with Crippen LogP contribution < -0.4 is 10.6 Å². The number of imide groups is 2. The number of carbonyl (C=O) groups is 4. The molecule has 3 N–H and O–H groups in total. The molecule has 1 unspecified atom stereocenters. The lowest BCUT2D eigenvalue weighted by atomic mass is 9.86. The molecule has 5 rings (SSSR count). The quantitative estimate of drug-likeness (QED) is 0.511. The van der Waals surface area contributed by atoms with E-state index in [4.69, 9.17) is 0 Å². The van der Waals surface area contributed by atoms with E-state index in [0.717, 1.165) is 42.9 Å². The van der Waals surface area contributed by atoms with Gasteiger partial charge in [-0.25, -0.2) is 0 Å². The number of nitrogens with zero attached hydrogens (tertiary/aromatic N) is 2. The monoisotopic (exact) mass is 454 g/mol. The Labute approximate surface area is 192 Å². The van der Waals surface area contributed by atoms with Crippen molar-refractivity contribution in [3.8, 4) is 0 Å². The molecule has 1 aromatic carbocycles. The number of hydrogen-bond acceptors (Lipinski definition) is 7. The minimum Gasteiger partial charge on any atom is -0.394 e. The summed E-state index contributed by atoms with van der Waals surface area (Å²) in [5.41, 5.74) is 1.03. The van der Waals surface area contributed by atoms with Crippen LogP contribution in [0.1, 0.15) is 64.8 Å². The smallest absolute Gasteiger partial charge is 0.262 e. The predicted molar refractivity (Wildman–Crippen MR) is 118 cm³/mol. The van der Waals surface area contributed by atoms with Crippen molar-refractivity contribution >= 4 is 23.6 Å².